The largest absolute Gasteiger partial charge is 0.507 e. The van der Waals surface area contributed by atoms with E-state index in [4.69, 9.17) is 4.42 Å². The predicted molar refractivity (Wildman–Crippen MR) is 98.6 cm³/mol. The lowest BCUT2D eigenvalue weighted by atomic mass is 10.2. The Morgan fingerprint density at radius 1 is 1.00 bits per heavy atom. The first-order valence-corrected chi connectivity index (χ1v) is 7.86. The molecule has 3 aromatic rings. The zero-order chi connectivity index (χ0) is 17.8. The Labute approximate surface area is 145 Å². The number of rotatable bonds is 4. The Hall–Kier alpha value is -3.34. The van der Waals surface area contributed by atoms with Gasteiger partial charge in [-0.25, -0.2) is 9.80 Å². The second kappa shape index (κ2) is 7.05. The minimum absolute atomic E-state index is 0.0578. The first-order chi connectivity index (χ1) is 12.1. The molecule has 25 heavy (non-hydrogen) atoms. The van der Waals surface area contributed by atoms with Crippen LogP contribution in [0.5, 0.6) is 5.75 Å². The maximum atomic E-state index is 12.1. The average molecular weight is 334 g/mol. The lowest BCUT2D eigenvalue weighted by molar-refractivity contribution is 0.432. The number of para-hydroxylation sites is 2. The number of aromatic hydroxyl groups is 1. The van der Waals surface area contributed by atoms with Crippen molar-refractivity contribution >= 4 is 17.1 Å². The molecule has 1 heterocycles. The van der Waals surface area contributed by atoms with Gasteiger partial charge in [0.1, 0.15) is 17.1 Å². The molecule has 0 amide bonds. The van der Waals surface area contributed by atoms with E-state index in [-0.39, 0.29) is 11.3 Å². The van der Waals surface area contributed by atoms with Crippen LogP contribution in [0.4, 0.5) is 11.4 Å². The van der Waals surface area contributed by atoms with Crippen LogP contribution in [0, 0.1) is 6.92 Å². The molecule has 0 aliphatic heterocycles. The Bertz CT molecular complexity index is 908. The van der Waals surface area contributed by atoms with Crippen molar-refractivity contribution in [1.29, 1.82) is 0 Å². The molecule has 0 fully saturated rings. The fourth-order valence-electron chi connectivity index (χ4n) is 2.53. The molecule has 0 bridgehead atoms. The van der Waals surface area contributed by atoms with E-state index in [0.717, 1.165) is 11.4 Å². The maximum Gasteiger partial charge on any atom is 0.348 e. The highest BCUT2D eigenvalue weighted by molar-refractivity contribution is 6.01. The van der Waals surface area contributed by atoms with E-state index in [1.807, 2.05) is 60.7 Å². The highest BCUT2D eigenvalue weighted by Gasteiger charge is 2.15. The van der Waals surface area contributed by atoms with E-state index in [0.29, 0.717) is 11.5 Å². The van der Waals surface area contributed by atoms with Gasteiger partial charge in [0.05, 0.1) is 17.1 Å². The topological polar surface area (TPSA) is 66.0 Å². The molecule has 0 radical (unpaired) electrons. The summed E-state index contributed by atoms with van der Waals surface area (Å²) in [5.41, 5.74) is 1.48. The highest BCUT2D eigenvalue weighted by atomic mass is 16.4. The molecule has 1 N–H and O–H groups in total. The van der Waals surface area contributed by atoms with Crippen molar-refractivity contribution in [2.75, 3.05) is 5.01 Å². The lowest BCUT2D eigenvalue weighted by Gasteiger charge is -2.20. The summed E-state index contributed by atoms with van der Waals surface area (Å²) < 4.78 is 5.09. The van der Waals surface area contributed by atoms with E-state index in [1.54, 1.807) is 18.9 Å². The van der Waals surface area contributed by atoms with Gasteiger partial charge in [-0.3, -0.25) is 0 Å². The van der Waals surface area contributed by atoms with Crippen LogP contribution in [0.3, 0.4) is 0 Å². The van der Waals surface area contributed by atoms with E-state index < -0.39 is 5.63 Å². The molecule has 0 aliphatic rings. The third-order valence-electron chi connectivity index (χ3n) is 3.67. The van der Waals surface area contributed by atoms with Crippen molar-refractivity contribution in [3.8, 4) is 5.75 Å². The zero-order valence-electron chi connectivity index (χ0n) is 14.0. The maximum absolute atomic E-state index is 12.1. The minimum atomic E-state index is -0.611. The molecule has 3 rings (SSSR count). The van der Waals surface area contributed by atoms with E-state index >= 15 is 0 Å². The van der Waals surface area contributed by atoms with Crippen LogP contribution in [0.25, 0.3) is 0 Å². The van der Waals surface area contributed by atoms with Crippen molar-refractivity contribution < 1.29 is 9.52 Å². The molecule has 0 unspecified atom stereocenters. The monoisotopic (exact) mass is 334 g/mol. The first kappa shape index (κ1) is 16.5. The normalized spacial score (nSPS) is 11.4. The minimum Gasteiger partial charge on any atom is -0.507 e. The number of hydrazone groups is 1. The molecular weight excluding hydrogens is 316 g/mol. The number of nitrogens with zero attached hydrogens (tertiary/aromatic N) is 2. The van der Waals surface area contributed by atoms with Gasteiger partial charge in [0.2, 0.25) is 0 Å². The summed E-state index contributed by atoms with van der Waals surface area (Å²) in [5.74, 6) is 0.207. The fraction of sp³-hybridized carbons (Fsp3) is 0.100. The number of anilines is 2. The summed E-state index contributed by atoms with van der Waals surface area (Å²) in [7, 11) is 0. The summed E-state index contributed by atoms with van der Waals surface area (Å²) in [4.78, 5) is 12.1. The molecule has 5 nitrogen and oxygen atoms in total. The molecule has 5 heteroatoms. The number of benzene rings is 2. The van der Waals surface area contributed by atoms with Crippen LogP contribution >= 0.6 is 0 Å². The molecular formula is C20H18N2O3. The van der Waals surface area contributed by atoms with Gasteiger partial charge >= 0.3 is 5.63 Å². The summed E-state index contributed by atoms with van der Waals surface area (Å²) in [6, 6.07) is 20.6. The molecule has 0 atom stereocenters. The number of hydrogen-bond donors (Lipinski definition) is 1. The second-order valence-corrected chi connectivity index (χ2v) is 5.57. The standard InChI is InChI=1S/C20H18N2O3/c1-14-13-18(23)19(20(24)25-14)15(2)21-22(16-9-5-3-6-10-16)17-11-7-4-8-12-17/h3-13,23H,1-2H3/b21-15-. The van der Waals surface area contributed by atoms with Crippen LogP contribution in [-0.2, 0) is 0 Å². The van der Waals surface area contributed by atoms with E-state index in [2.05, 4.69) is 5.10 Å². The fourth-order valence-corrected chi connectivity index (χ4v) is 2.53. The van der Waals surface area contributed by atoms with Crippen molar-refractivity contribution in [1.82, 2.24) is 0 Å². The van der Waals surface area contributed by atoms with Crippen LogP contribution in [0.1, 0.15) is 18.2 Å². The van der Waals surface area contributed by atoms with Gasteiger partial charge in [-0.1, -0.05) is 36.4 Å². The summed E-state index contributed by atoms with van der Waals surface area (Å²) in [5, 5.41) is 16.4. The van der Waals surface area contributed by atoms with Crippen LogP contribution < -0.4 is 10.6 Å². The van der Waals surface area contributed by atoms with Crippen molar-refractivity contribution in [3.05, 3.63) is 88.5 Å². The Morgan fingerprint density at radius 3 is 2.00 bits per heavy atom. The second-order valence-electron chi connectivity index (χ2n) is 5.57. The van der Waals surface area contributed by atoms with E-state index in [9.17, 15) is 9.90 Å². The molecule has 0 saturated carbocycles. The van der Waals surface area contributed by atoms with Gasteiger partial charge in [0, 0.05) is 6.07 Å². The first-order valence-electron chi connectivity index (χ1n) is 7.86. The smallest absolute Gasteiger partial charge is 0.348 e. The molecule has 0 spiro atoms. The highest BCUT2D eigenvalue weighted by Crippen LogP contribution is 2.26. The van der Waals surface area contributed by atoms with Gasteiger partial charge in [-0.05, 0) is 38.1 Å². The van der Waals surface area contributed by atoms with Gasteiger partial charge in [-0.2, -0.15) is 5.10 Å². The average Bonchev–Trinajstić information content (AvgIpc) is 2.60. The third-order valence-corrected chi connectivity index (χ3v) is 3.67. The summed E-state index contributed by atoms with van der Waals surface area (Å²) in [6.07, 6.45) is 0. The summed E-state index contributed by atoms with van der Waals surface area (Å²) >= 11 is 0. The van der Waals surface area contributed by atoms with Crippen LogP contribution in [-0.4, -0.2) is 10.8 Å². The number of hydrogen-bond acceptors (Lipinski definition) is 5. The third kappa shape index (κ3) is 3.61. The SMILES string of the molecule is C/C(=N/N(c1ccccc1)c1ccccc1)c1c(O)cc(C)oc1=O. The lowest BCUT2D eigenvalue weighted by Crippen LogP contribution is -2.18. The van der Waals surface area contributed by atoms with Crippen LogP contribution in [0.2, 0.25) is 0 Å². The van der Waals surface area contributed by atoms with E-state index in [1.165, 1.54) is 6.07 Å². The van der Waals surface area contributed by atoms with Gasteiger partial charge < -0.3 is 9.52 Å². The van der Waals surface area contributed by atoms with Crippen LogP contribution in [0.15, 0.2) is 81.0 Å². The molecule has 0 saturated heterocycles. The quantitative estimate of drug-likeness (QED) is 0.573. The molecule has 0 aliphatic carbocycles. The van der Waals surface area contributed by atoms with Crippen molar-refractivity contribution in [2.24, 2.45) is 5.10 Å². The Morgan fingerprint density at radius 2 is 1.52 bits per heavy atom. The van der Waals surface area contributed by atoms with Gasteiger partial charge in [-0.15, -0.1) is 0 Å². The molecule has 126 valence electrons. The Kier molecular flexibility index (Phi) is 4.66. The summed E-state index contributed by atoms with van der Waals surface area (Å²) in [6.45, 7) is 3.28. The predicted octanol–water partition coefficient (Wildman–Crippen LogP) is 4.22. The molecule has 2 aromatic carbocycles. The zero-order valence-corrected chi connectivity index (χ0v) is 14.0. The van der Waals surface area contributed by atoms with Gasteiger partial charge in [0.15, 0.2) is 0 Å². The van der Waals surface area contributed by atoms with Crippen molar-refractivity contribution in [2.45, 2.75) is 13.8 Å². The molecule has 1 aromatic heterocycles. The van der Waals surface area contributed by atoms with Gasteiger partial charge in [0.25, 0.3) is 0 Å². The number of aryl methyl sites for hydroxylation is 1. The Balaban J connectivity index is 2.12. The van der Waals surface area contributed by atoms with Crippen molar-refractivity contribution in [3.63, 3.8) is 0 Å².